The van der Waals surface area contributed by atoms with Crippen LogP contribution in [0, 0.1) is 5.92 Å². The van der Waals surface area contributed by atoms with Crippen molar-refractivity contribution in [1.82, 2.24) is 4.90 Å². The number of likely N-dealkylation sites (tertiary alicyclic amines) is 1. The van der Waals surface area contributed by atoms with Crippen LogP contribution in [0.4, 0.5) is 0 Å². The lowest BCUT2D eigenvalue weighted by Crippen LogP contribution is -2.44. The first kappa shape index (κ1) is 10.7. The highest BCUT2D eigenvalue weighted by atomic mass is 16.3. The number of ketones is 1. The Bertz CT molecular complexity index is 182. The van der Waals surface area contributed by atoms with Gasteiger partial charge in [-0.25, -0.2) is 0 Å². The molecule has 1 heterocycles. The van der Waals surface area contributed by atoms with Crippen molar-refractivity contribution in [3.63, 3.8) is 0 Å². The van der Waals surface area contributed by atoms with Crippen LogP contribution in [0.15, 0.2) is 0 Å². The number of hydrogen-bond acceptors (Lipinski definition) is 3. The maximum absolute atomic E-state index is 11.2. The Kier molecular flexibility index (Phi) is 3.88. The number of hydrogen-bond donors (Lipinski definition) is 1. The van der Waals surface area contributed by atoms with E-state index in [0.717, 1.165) is 25.9 Å². The molecule has 0 amide bonds. The highest BCUT2D eigenvalue weighted by molar-refractivity contribution is 5.78. The van der Waals surface area contributed by atoms with Gasteiger partial charge in [-0.2, -0.15) is 0 Å². The van der Waals surface area contributed by atoms with E-state index < -0.39 is 0 Å². The molecule has 1 saturated heterocycles. The van der Waals surface area contributed by atoms with Gasteiger partial charge in [-0.15, -0.1) is 0 Å². The van der Waals surface area contributed by atoms with Gasteiger partial charge in [-0.3, -0.25) is 9.69 Å². The van der Waals surface area contributed by atoms with Gasteiger partial charge in [0.05, 0.1) is 6.61 Å². The molecule has 76 valence electrons. The minimum absolute atomic E-state index is 0.185. The van der Waals surface area contributed by atoms with Crippen molar-refractivity contribution in [2.24, 2.45) is 5.92 Å². The summed E-state index contributed by atoms with van der Waals surface area (Å²) in [5.74, 6) is 0.484. The Balaban J connectivity index is 2.46. The van der Waals surface area contributed by atoms with Gasteiger partial charge in [0.15, 0.2) is 0 Å². The number of carbonyl (C=O) groups is 1. The summed E-state index contributed by atoms with van der Waals surface area (Å²) in [4.78, 5) is 13.4. The molecule has 0 aromatic carbocycles. The lowest BCUT2D eigenvalue weighted by molar-refractivity contribution is -0.122. The average Bonchev–Trinajstić information content (AvgIpc) is 2.17. The molecule has 0 saturated carbocycles. The summed E-state index contributed by atoms with van der Waals surface area (Å²) < 4.78 is 0. The average molecular weight is 185 g/mol. The van der Waals surface area contributed by atoms with Gasteiger partial charge in [0, 0.05) is 18.5 Å². The smallest absolute Gasteiger partial charge is 0.134 e. The molecule has 0 aromatic heterocycles. The van der Waals surface area contributed by atoms with Crippen molar-refractivity contribution in [2.45, 2.75) is 32.7 Å². The number of carbonyl (C=O) groups excluding carboxylic acids is 1. The minimum Gasteiger partial charge on any atom is -0.395 e. The quantitative estimate of drug-likeness (QED) is 0.702. The van der Waals surface area contributed by atoms with Gasteiger partial charge in [-0.1, -0.05) is 0 Å². The van der Waals surface area contributed by atoms with E-state index in [-0.39, 0.29) is 24.3 Å². The zero-order valence-electron chi connectivity index (χ0n) is 8.49. The molecule has 3 heteroatoms. The number of rotatable bonds is 3. The molecule has 0 aromatic rings. The van der Waals surface area contributed by atoms with Crippen LogP contribution in [0.5, 0.6) is 0 Å². The van der Waals surface area contributed by atoms with Crippen LogP contribution in [-0.4, -0.2) is 41.5 Å². The molecule has 0 bridgehead atoms. The van der Waals surface area contributed by atoms with Crippen LogP contribution in [0.25, 0.3) is 0 Å². The fourth-order valence-electron chi connectivity index (χ4n) is 1.85. The maximum Gasteiger partial charge on any atom is 0.134 e. The summed E-state index contributed by atoms with van der Waals surface area (Å²) in [5.41, 5.74) is 0. The van der Waals surface area contributed by atoms with Gasteiger partial charge in [0.2, 0.25) is 0 Å². The number of aliphatic hydroxyl groups excluding tert-OH is 1. The Hall–Kier alpha value is -0.410. The summed E-state index contributed by atoms with van der Waals surface area (Å²) in [5, 5.41) is 8.99. The zero-order chi connectivity index (χ0) is 9.84. The molecule has 3 nitrogen and oxygen atoms in total. The fraction of sp³-hybridized carbons (Fsp3) is 0.900. The molecule has 0 aliphatic carbocycles. The number of aliphatic hydroxyl groups is 1. The molecule has 2 atom stereocenters. The van der Waals surface area contributed by atoms with Crippen LogP contribution in [0.3, 0.4) is 0 Å². The van der Waals surface area contributed by atoms with Crippen molar-refractivity contribution in [1.29, 1.82) is 0 Å². The standard InChI is InChI=1S/C10H19NO2/c1-8(7-12)11-5-3-4-10(6-11)9(2)13/h8,10,12H,3-7H2,1-2H3. The highest BCUT2D eigenvalue weighted by Gasteiger charge is 2.25. The van der Waals surface area contributed by atoms with E-state index in [1.165, 1.54) is 0 Å². The van der Waals surface area contributed by atoms with Gasteiger partial charge >= 0.3 is 0 Å². The summed E-state index contributed by atoms with van der Waals surface area (Å²) in [7, 11) is 0. The Labute approximate surface area is 79.7 Å². The van der Waals surface area contributed by atoms with E-state index in [0.29, 0.717) is 0 Å². The lowest BCUT2D eigenvalue weighted by Gasteiger charge is -2.35. The molecule has 1 aliphatic rings. The molecule has 0 spiro atoms. The van der Waals surface area contributed by atoms with Crippen molar-refractivity contribution in [3.05, 3.63) is 0 Å². The summed E-state index contributed by atoms with van der Waals surface area (Å²) in [6.07, 6.45) is 2.10. The molecule has 1 N–H and O–H groups in total. The summed E-state index contributed by atoms with van der Waals surface area (Å²) in [6, 6.07) is 0.196. The monoisotopic (exact) mass is 185 g/mol. The predicted molar refractivity (Wildman–Crippen MR) is 51.5 cm³/mol. The van der Waals surface area contributed by atoms with Gasteiger partial charge in [0.25, 0.3) is 0 Å². The first-order valence-electron chi connectivity index (χ1n) is 5.00. The van der Waals surface area contributed by atoms with E-state index in [2.05, 4.69) is 4.90 Å². The minimum atomic E-state index is 0.185. The van der Waals surface area contributed by atoms with Crippen LogP contribution in [-0.2, 0) is 4.79 Å². The third kappa shape index (κ3) is 2.78. The SMILES string of the molecule is CC(=O)C1CCCN(C(C)CO)C1. The number of Topliss-reactive ketones (excluding diaryl/α,β-unsaturated/α-hetero) is 1. The molecule has 13 heavy (non-hydrogen) atoms. The van der Waals surface area contributed by atoms with Crippen LogP contribution < -0.4 is 0 Å². The maximum atomic E-state index is 11.2. The van der Waals surface area contributed by atoms with E-state index in [9.17, 15) is 4.79 Å². The Morgan fingerprint density at radius 1 is 1.69 bits per heavy atom. The second kappa shape index (κ2) is 4.72. The van der Waals surface area contributed by atoms with Crippen LogP contribution in [0.1, 0.15) is 26.7 Å². The molecular formula is C10H19NO2. The Morgan fingerprint density at radius 2 is 2.38 bits per heavy atom. The third-order valence-electron chi connectivity index (χ3n) is 2.92. The number of nitrogens with zero attached hydrogens (tertiary/aromatic N) is 1. The first-order valence-corrected chi connectivity index (χ1v) is 5.00. The molecule has 0 radical (unpaired) electrons. The molecular weight excluding hydrogens is 166 g/mol. The summed E-state index contributed by atoms with van der Waals surface area (Å²) in [6.45, 7) is 5.70. The van der Waals surface area contributed by atoms with Gasteiger partial charge in [-0.05, 0) is 33.2 Å². The van der Waals surface area contributed by atoms with Crippen molar-refractivity contribution in [2.75, 3.05) is 19.7 Å². The first-order chi connectivity index (χ1) is 6.15. The molecule has 1 rings (SSSR count). The molecule has 2 unspecified atom stereocenters. The van der Waals surface area contributed by atoms with Gasteiger partial charge in [0.1, 0.15) is 5.78 Å². The topological polar surface area (TPSA) is 40.5 Å². The largest absolute Gasteiger partial charge is 0.395 e. The molecule has 1 aliphatic heterocycles. The summed E-state index contributed by atoms with van der Waals surface area (Å²) >= 11 is 0. The zero-order valence-corrected chi connectivity index (χ0v) is 8.49. The second-order valence-corrected chi connectivity index (χ2v) is 3.98. The predicted octanol–water partition coefficient (Wildman–Crippen LogP) is 0.668. The van der Waals surface area contributed by atoms with Crippen LogP contribution in [0.2, 0.25) is 0 Å². The van der Waals surface area contributed by atoms with E-state index in [4.69, 9.17) is 5.11 Å². The van der Waals surface area contributed by atoms with Crippen LogP contribution >= 0.6 is 0 Å². The van der Waals surface area contributed by atoms with Crippen molar-refractivity contribution in [3.8, 4) is 0 Å². The Morgan fingerprint density at radius 3 is 2.92 bits per heavy atom. The highest BCUT2D eigenvalue weighted by Crippen LogP contribution is 2.18. The molecule has 1 fully saturated rings. The number of piperidine rings is 1. The van der Waals surface area contributed by atoms with E-state index in [1.807, 2.05) is 6.92 Å². The fourth-order valence-corrected chi connectivity index (χ4v) is 1.85. The lowest BCUT2D eigenvalue weighted by atomic mass is 9.94. The third-order valence-corrected chi connectivity index (χ3v) is 2.92. The normalized spacial score (nSPS) is 27.2. The second-order valence-electron chi connectivity index (χ2n) is 3.98. The van der Waals surface area contributed by atoms with Gasteiger partial charge < -0.3 is 5.11 Å². The van der Waals surface area contributed by atoms with Crippen molar-refractivity contribution >= 4 is 5.78 Å². The van der Waals surface area contributed by atoms with E-state index in [1.54, 1.807) is 6.92 Å². The van der Waals surface area contributed by atoms with Crippen molar-refractivity contribution < 1.29 is 9.90 Å². The van der Waals surface area contributed by atoms with E-state index >= 15 is 0 Å².